The van der Waals surface area contributed by atoms with Gasteiger partial charge in [-0.2, -0.15) is 0 Å². The SMILES string of the molecule is CS(=O)(=O)C1(I)[CH]C=CC=C1. The highest BCUT2D eigenvalue weighted by molar-refractivity contribution is 14.1. The van der Waals surface area contributed by atoms with Crippen LogP contribution in [0.5, 0.6) is 0 Å². The first kappa shape index (κ1) is 9.25. The van der Waals surface area contributed by atoms with Crippen LogP contribution in [0.2, 0.25) is 0 Å². The van der Waals surface area contributed by atoms with E-state index in [1.54, 1.807) is 24.6 Å². The second-order valence-electron chi connectivity index (χ2n) is 2.38. The molecule has 0 bridgehead atoms. The lowest BCUT2D eigenvalue weighted by Crippen LogP contribution is -2.29. The minimum absolute atomic E-state index is 0.834. The minimum Gasteiger partial charge on any atom is -0.227 e. The van der Waals surface area contributed by atoms with Crippen LogP contribution in [0.15, 0.2) is 24.3 Å². The Hall–Kier alpha value is 0.160. The van der Waals surface area contributed by atoms with Crippen molar-refractivity contribution < 1.29 is 8.42 Å². The number of hydrogen-bond donors (Lipinski definition) is 0. The first-order valence-corrected chi connectivity index (χ1v) is 6.02. The van der Waals surface area contributed by atoms with Crippen LogP contribution in [-0.2, 0) is 9.84 Å². The Labute approximate surface area is 80.4 Å². The summed E-state index contributed by atoms with van der Waals surface area (Å²) < 4.78 is 21.5. The van der Waals surface area contributed by atoms with Crippen LogP contribution >= 0.6 is 22.6 Å². The van der Waals surface area contributed by atoms with E-state index >= 15 is 0 Å². The number of alkyl halides is 1. The van der Waals surface area contributed by atoms with Crippen molar-refractivity contribution in [1.82, 2.24) is 0 Å². The topological polar surface area (TPSA) is 34.1 Å². The van der Waals surface area contributed by atoms with Crippen LogP contribution in [0.3, 0.4) is 0 Å². The van der Waals surface area contributed by atoms with Crippen LogP contribution in [0, 0.1) is 6.42 Å². The molecule has 0 N–H and O–H groups in total. The molecule has 0 saturated heterocycles. The predicted molar refractivity (Wildman–Crippen MR) is 54.2 cm³/mol. The molecule has 0 amide bonds. The maximum absolute atomic E-state index is 11.2. The van der Waals surface area contributed by atoms with Crippen molar-refractivity contribution in [3.05, 3.63) is 30.7 Å². The van der Waals surface area contributed by atoms with Gasteiger partial charge in [0.15, 0.2) is 9.84 Å². The van der Waals surface area contributed by atoms with Crippen LogP contribution in [0.25, 0.3) is 0 Å². The molecule has 1 unspecified atom stereocenters. The molecule has 0 aromatic rings. The molecule has 0 aromatic heterocycles. The van der Waals surface area contributed by atoms with Gasteiger partial charge in [0, 0.05) is 12.7 Å². The summed E-state index contributed by atoms with van der Waals surface area (Å²) in [7, 11) is -3.03. The number of hydrogen-bond acceptors (Lipinski definition) is 2. The van der Waals surface area contributed by atoms with Crippen LogP contribution in [-0.4, -0.2) is 17.4 Å². The molecule has 0 heterocycles. The maximum atomic E-state index is 11.2. The third kappa shape index (κ3) is 1.84. The van der Waals surface area contributed by atoms with Crippen molar-refractivity contribution in [1.29, 1.82) is 0 Å². The monoisotopic (exact) mass is 283 g/mol. The van der Waals surface area contributed by atoms with Crippen molar-refractivity contribution in [3.8, 4) is 0 Å². The zero-order valence-corrected chi connectivity index (χ0v) is 8.96. The molecule has 0 fully saturated rings. The fourth-order valence-corrected chi connectivity index (χ4v) is 1.81. The van der Waals surface area contributed by atoms with Crippen molar-refractivity contribution in [2.75, 3.05) is 6.26 Å². The molecule has 0 aliphatic heterocycles. The summed E-state index contributed by atoms with van der Waals surface area (Å²) >= 11 is 1.92. The Kier molecular flexibility index (Phi) is 2.43. The highest BCUT2D eigenvalue weighted by atomic mass is 127. The van der Waals surface area contributed by atoms with Crippen molar-refractivity contribution in [3.63, 3.8) is 0 Å². The highest BCUT2D eigenvalue weighted by Gasteiger charge is 2.34. The first-order valence-electron chi connectivity index (χ1n) is 3.05. The first-order chi connectivity index (χ1) is 4.96. The van der Waals surface area contributed by atoms with Gasteiger partial charge in [-0.05, 0) is 0 Å². The molecule has 1 atom stereocenters. The van der Waals surface area contributed by atoms with E-state index in [1.165, 1.54) is 6.26 Å². The predicted octanol–water partition coefficient (Wildman–Crippen LogP) is 1.49. The number of halogens is 1. The Morgan fingerprint density at radius 1 is 1.27 bits per heavy atom. The summed E-state index contributed by atoms with van der Waals surface area (Å²) in [5.74, 6) is 0. The van der Waals surface area contributed by atoms with E-state index in [0.717, 1.165) is 0 Å². The molecule has 11 heavy (non-hydrogen) atoms. The third-order valence-electron chi connectivity index (χ3n) is 1.44. The lowest BCUT2D eigenvalue weighted by molar-refractivity contribution is 0.597. The smallest absolute Gasteiger partial charge is 0.166 e. The molecule has 1 aliphatic carbocycles. The largest absolute Gasteiger partial charge is 0.227 e. The Morgan fingerprint density at radius 2 is 1.91 bits per heavy atom. The third-order valence-corrected chi connectivity index (χ3v) is 5.97. The molecule has 0 spiro atoms. The normalized spacial score (nSPS) is 30.7. The highest BCUT2D eigenvalue weighted by Crippen LogP contribution is 2.32. The van der Waals surface area contributed by atoms with Gasteiger partial charge < -0.3 is 0 Å². The lowest BCUT2D eigenvalue weighted by atomic mass is 10.2. The van der Waals surface area contributed by atoms with Gasteiger partial charge in [-0.25, -0.2) is 8.42 Å². The maximum Gasteiger partial charge on any atom is 0.166 e. The molecule has 61 valence electrons. The second kappa shape index (κ2) is 2.90. The van der Waals surface area contributed by atoms with E-state index in [0.29, 0.717) is 0 Å². The number of allylic oxidation sites excluding steroid dienone is 3. The molecule has 4 heteroatoms. The fourth-order valence-electron chi connectivity index (χ4n) is 0.740. The Bertz CT molecular complexity index is 302. The van der Waals surface area contributed by atoms with E-state index in [-0.39, 0.29) is 0 Å². The van der Waals surface area contributed by atoms with Crippen LogP contribution in [0.1, 0.15) is 0 Å². The average molecular weight is 283 g/mol. The summed E-state index contributed by atoms with van der Waals surface area (Å²) in [6.45, 7) is 0. The van der Waals surface area contributed by atoms with E-state index < -0.39 is 12.6 Å². The fraction of sp³-hybridized carbons (Fsp3) is 0.286. The van der Waals surface area contributed by atoms with Gasteiger partial charge >= 0.3 is 0 Å². The number of rotatable bonds is 1. The summed E-state index contributed by atoms with van der Waals surface area (Å²) in [5.41, 5.74) is 0. The zero-order chi connectivity index (χ0) is 8.54. The van der Waals surface area contributed by atoms with Gasteiger partial charge in [0.05, 0.1) is 0 Å². The Morgan fingerprint density at radius 3 is 2.18 bits per heavy atom. The van der Waals surface area contributed by atoms with Gasteiger partial charge in [0.1, 0.15) is 2.75 Å². The van der Waals surface area contributed by atoms with Gasteiger partial charge in [-0.3, -0.25) is 0 Å². The van der Waals surface area contributed by atoms with Crippen LogP contribution in [0.4, 0.5) is 0 Å². The quantitative estimate of drug-likeness (QED) is 0.540. The molecule has 0 saturated carbocycles. The van der Waals surface area contributed by atoms with E-state index in [2.05, 4.69) is 0 Å². The van der Waals surface area contributed by atoms with Crippen molar-refractivity contribution in [2.45, 2.75) is 2.75 Å². The standard InChI is InChI=1S/C7H8IO2S/c1-11(9,10)7(8)5-3-2-4-6-7/h2-6H,1H3. The molecular weight excluding hydrogens is 275 g/mol. The molecule has 1 aliphatic rings. The zero-order valence-electron chi connectivity index (χ0n) is 5.99. The van der Waals surface area contributed by atoms with Gasteiger partial charge in [0.2, 0.25) is 0 Å². The summed E-state index contributed by atoms with van der Waals surface area (Å²) in [4.78, 5) is 0. The van der Waals surface area contributed by atoms with Gasteiger partial charge in [-0.1, -0.05) is 46.9 Å². The Balaban J connectivity index is 3.04. The summed E-state index contributed by atoms with van der Waals surface area (Å²) in [6, 6.07) is 0. The molecule has 0 aromatic carbocycles. The van der Waals surface area contributed by atoms with E-state index in [1.807, 2.05) is 28.7 Å². The second-order valence-corrected chi connectivity index (χ2v) is 7.12. The summed E-state index contributed by atoms with van der Waals surface area (Å²) in [5, 5.41) is 0. The average Bonchev–Trinajstić information content (AvgIpc) is 1.87. The molecule has 1 rings (SSSR count). The van der Waals surface area contributed by atoms with Crippen LogP contribution < -0.4 is 0 Å². The van der Waals surface area contributed by atoms with E-state index in [9.17, 15) is 8.42 Å². The summed E-state index contributed by atoms with van der Waals surface area (Å²) in [6.07, 6.45) is 9.87. The van der Waals surface area contributed by atoms with Crippen molar-refractivity contribution in [2.24, 2.45) is 0 Å². The molecular formula is C7H8IO2S. The van der Waals surface area contributed by atoms with E-state index in [4.69, 9.17) is 0 Å². The van der Waals surface area contributed by atoms with Gasteiger partial charge in [-0.15, -0.1) is 0 Å². The van der Waals surface area contributed by atoms with Gasteiger partial charge in [0.25, 0.3) is 0 Å². The number of sulfone groups is 1. The molecule has 1 radical (unpaired) electrons. The molecule has 2 nitrogen and oxygen atoms in total. The minimum atomic E-state index is -3.03. The lowest BCUT2D eigenvalue weighted by Gasteiger charge is -2.21. The van der Waals surface area contributed by atoms with Crippen molar-refractivity contribution >= 4 is 32.4 Å².